The van der Waals surface area contributed by atoms with Crippen LogP contribution in [0.5, 0.6) is 0 Å². The van der Waals surface area contributed by atoms with Crippen molar-refractivity contribution in [3.63, 3.8) is 0 Å². The summed E-state index contributed by atoms with van der Waals surface area (Å²) in [4.78, 5) is 16.2. The van der Waals surface area contributed by atoms with Gasteiger partial charge in [0.25, 0.3) is 0 Å². The first-order valence-electron chi connectivity index (χ1n) is 9.10. The highest BCUT2D eigenvalue weighted by Crippen LogP contribution is 2.25. The molecular weight excluding hydrogens is 348 g/mol. The summed E-state index contributed by atoms with van der Waals surface area (Å²) in [7, 11) is 0. The first kappa shape index (κ1) is 19.1. The number of hydrogen-bond donors (Lipinski definition) is 1. The van der Waals surface area contributed by atoms with Crippen molar-refractivity contribution >= 4 is 17.4 Å². The van der Waals surface area contributed by atoms with Crippen LogP contribution in [-0.2, 0) is 5.41 Å². The van der Waals surface area contributed by atoms with Crippen LogP contribution in [0.15, 0.2) is 42.5 Å². The van der Waals surface area contributed by atoms with Gasteiger partial charge in [-0.2, -0.15) is 0 Å². The molecule has 27 heavy (non-hydrogen) atoms. The zero-order chi connectivity index (χ0) is 19.6. The third-order valence-corrected chi connectivity index (χ3v) is 4.84. The quantitative estimate of drug-likeness (QED) is 0.834. The minimum atomic E-state index is -0.777. The van der Waals surface area contributed by atoms with Crippen LogP contribution >= 0.6 is 0 Å². The summed E-state index contributed by atoms with van der Waals surface area (Å²) in [5.41, 5.74) is 2.52. The van der Waals surface area contributed by atoms with E-state index in [-0.39, 0.29) is 17.1 Å². The summed E-state index contributed by atoms with van der Waals surface area (Å²) in [5, 5.41) is 2.51. The van der Waals surface area contributed by atoms with Crippen LogP contribution in [0, 0.1) is 11.6 Å². The molecule has 0 radical (unpaired) electrons. The second-order valence-corrected chi connectivity index (χ2v) is 7.83. The Morgan fingerprint density at radius 1 is 0.963 bits per heavy atom. The second kappa shape index (κ2) is 7.55. The number of halogens is 2. The molecule has 3 rings (SSSR count). The van der Waals surface area contributed by atoms with Crippen LogP contribution in [0.25, 0.3) is 0 Å². The molecule has 2 aromatic rings. The van der Waals surface area contributed by atoms with E-state index in [0.717, 1.165) is 17.8 Å². The second-order valence-electron chi connectivity index (χ2n) is 7.83. The lowest BCUT2D eigenvalue weighted by molar-refractivity contribution is 0.208. The monoisotopic (exact) mass is 373 g/mol. The fourth-order valence-electron chi connectivity index (χ4n) is 3.13. The van der Waals surface area contributed by atoms with Crippen molar-refractivity contribution in [1.29, 1.82) is 0 Å². The molecule has 0 spiro atoms. The van der Waals surface area contributed by atoms with Crippen LogP contribution in [0.2, 0.25) is 0 Å². The van der Waals surface area contributed by atoms with Gasteiger partial charge in [-0.1, -0.05) is 32.9 Å². The van der Waals surface area contributed by atoms with Crippen LogP contribution in [-0.4, -0.2) is 37.1 Å². The summed E-state index contributed by atoms with van der Waals surface area (Å²) < 4.78 is 26.7. The van der Waals surface area contributed by atoms with E-state index in [1.807, 2.05) is 0 Å². The highest BCUT2D eigenvalue weighted by atomic mass is 19.1. The van der Waals surface area contributed by atoms with Gasteiger partial charge in [-0.3, -0.25) is 0 Å². The first-order valence-corrected chi connectivity index (χ1v) is 9.10. The molecule has 0 atom stereocenters. The predicted octanol–water partition coefficient (Wildman–Crippen LogP) is 4.62. The Morgan fingerprint density at radius 2 is 1.59 bits per heavy atom. The molecule has 1 aliphatic rings. The van der Waals surface area contributed by atoms with E-state index in [0.29, 0.717) is 26.2 Å². The number of nitrogens with one attached hydrogen (secondary N) is 1. The fraction of sp³-hybridized carbons (Fsp3) is 0.381. The molecule has 2 amide bonds. The normalized spacial score (nSPS) is 15.0. The van der Waals surface area contributed by atoms with E-state index in [2.05, 4.69) is 55.3 Å². The van der Waals surface area contributed by atoms with Gasteiger partial charge in [0.1, 0.15) is 11.6 Å². The van der Waals surface area contributed by atoms with Crippen molar-refractivity contribution in [2.24, 2.45) is 0 Å². The Hall–Kier alpha value is -2.63. The van der Waals surface area contributed by atoms with Gasteiger partial charge < -0.3 is 15.1 Å². The molecule has 1 saturated heterocycles. The summed E-state index contributed by atoms with van der Waals surface area (Å²) in [6.45, 7) is 9.03. The van der Waals surface area contributed by atoms with Crippen molar-refractivity contribution in [3.8, 4) is 0 Å². The number of urea groups is 1. The summed E-state index contributed by atoms with van der Waals surface area (Å²) in [6, 6.07) is 11.3. The summed E-state index contributed by atoms with van der Waals surface area (Å²) in [6.07, 6.45) is 0. The average molecular weight is 373 g/mol. The number of benzene rings is 2. The van der Waals surface area contributed by atoms with Gasteiger partial charge in [0.15, 0.2) is 0 Å². The van der Waals surface area contributed by atoms with E-state index in [1.54, 1.807) is 4.90 Å². The largest absolute Gasteiger partial charge is 0.368 e. The molecule has 144 valence electrons. The molecule has 0 aliphatic carbocycles. The molecule has 0 aromatic heterocycles. The molecule has 0 unspecified atom stereocenters. The topological polar surface area (TPSA) is 35.6 Å². The third kappa shape index (κ3) is 4.56. The summed E-state index contributed by atoms with van der Waals surface area (Å²) >= 11 is 0. The Morgan fingerprint density at radius 3 is 2.15 bits per heavy atom. The molecule has 6 heteroatoms. The molecule has 2 aromatic carbocycles. The van der Waals surface area contributed by atoms with Crippen LogP contribution in [0.4, 0.5) is 25.0 Å². The summed E-state index contributed by atoms with van der Waals surface area (Å²) in [5.74, 6) is -1.45. The highest BCUT2D eigenvalue weighted by molar-refractivity contribution is 5.89. The van der Waals surface area contributed by atoms with Crippen LogP contribution in [0.3, 0.4) is 0 Å². The number of carbonyl (C=O) groups excluding carboxylic acids is 1. The lowest BCUT2D eigenvalue weighted by atomic mass is 9.87. The molecule has 1 aliphatic heterocycles. The van der Waals surface area contributed by atoms with Gasteiger partial charge in [-0.25, -0.2) is 13.6 Å². The molecule has 1 N–H and O–H groups in total. The number of nitrogens with zero attached hydrogens (tertiary/aromatic N) is 2. The van der Waals surface area contributed by atoms with E-state index in [1.165, 1.54) is 11.6 Å². The number of rotatable bonds is 2. The minimum Gasteiger partial charge on any atom is -0.368 e. The van der Waals surface area contributed by atoms with Crippen molar-refractivity contribution in [2.75, 3.05) is 36.4 Å². The van der Waals surface area contributed by atoms with E-state index >= 15 is 0 Å². The molecule has 0 saturated carbocycles. The SMILES string of the molecule is CC(C)(C)c1ccc(N2CCN(C(=O)Nc3ccc(F)cc3F)CC2)cc1. The Labute approximate surface area is 158 Å². The maximum Gasteiger partial charge on any atom is 0.322 e. The van der Waals surface area contributed by atoms with Gasteiger partial charge in [-0.15, -0.1) is 0 Å². The number of amides is 2. The van der Waals surface area contributed by atoms with Crippen molar-refractivity contribution in [2.45, 2.75) is 26.2 Å². The van der Waals surface area contributed by atoms with Crippen molar-refractivity contribution < 1.29 is 13.6 Å². The van der Waals surface area contributed by atoms with E-state index in [9.17, 15) is 13.6 Å². The average Bonchev–Trinajstić information content (AvgIpc) is 2.63. The number of anilines is 2. The van der Waals surface area contributed by atoms with E-state index < -0.39 is 11.6 Å². The van der Waals surface area contributed by atoms with Crippen molar-refractivity contribution in [1.82, 2.24) is 4.90 Å². The van der Waals surface area contributed by atoms with Gasteiger partial charge in [0, 0.05) is 37.9 Å². The minimum absolute atomic E-state index is 0.0124. The molecule has 1 fully saturated rings. The van der Waals surface area contributed by atoms with Crippen LogP contribution in [0.1, 0.15) is 26.3 Å². The lowest BCUT2D eigenvalue weighted by Gasteiger charge is -2.36. The molecule has 1 heterocycles. The molecule has 0 bridgehead atoms. The van der Waals surface area contributed by atoms with Gasteiger partial charge in [0.2, 0.25) is 0 Å². The van der Waals surface area contributed by atoms with Gasteiger partial charge in [0.05, 0.1) is 5.69 Å². The zero-order valence-corrected chi connectivity index (χ0v) is 15.9. The predicted molar refractivity (Wildman–Crippen MR) is 104 cm³/mol. The Kier molecular flexibility index (Phi) is 5.35. The third-order valence-electron chi connectivity index (χ3n) is 4.84. The number of piperazine rings is 1. The zero-order valence-electron chi connectivity index (χ0n) is 15.9. The lowest BCUT2D eigenvalue weighted by Crippen LogP contribution is -2.50. The van der Waals surface area contributed by atoms with Crippen molar-refractivity contribution in [3.05, 3.63) is 59.7 Å². The molecular formula is C21H25F2N3O. The number of hydrogen-bond acceptors (Lipinski definition) is 2. The van der Waals surface area contributed by atoms with E-state index in [4.69, 9.17) is 0 Å². The Bertz CT molecular complexity index is 807. The smallest absolute Gasteiger partial charge is 0.322 e. The van der Waals surface area contributed by atoms with Crippen LogP contribution < -0.4 is 10.2 Å². The standard InChI is InChI=1S/C21H25F2N3O/c1-21(2,3)15-4-7-17(8-5-15)25-10-12-26(13-11-25)20(27)24-19-9-6-16(22)14-18(19)23/h4-9,14H,10-13H2,1-3H3,(H,24,27). The number of carbonyl (C=O) groups is 1. The van der Waals surface area contributed by atoms with Gasteiger partial charge >= 0.3 is 6.03 Å². The molecule has 4 nitrogen and oxygen atoms in total. The first-order chi connectivity index (χ1) is 12.7. The maximum atomic E-state index is 13.7. The highest BCUT2D eigenvalue weighted by Gasteiger charge is 2.22. The Balaban J connectivity index is 1.57. The maximum absolute atomic E-state index is 13.7. The fourth-order valence-corrected chi connectivity index (χ4v) is 3.13. The van der Waals surface area contributed by atoms with Gasteiger partial charge in [-0.05, 0) is 35.2 Å².